The van der Waals surface area contributed by atoms with Crippen LogP contribution in [-0.2, 0) is 19.1 Å². The van der Waals surface area contributed by atoms with Gasteiger partial charge in [-0.05, 0) is 37.1 Å². The summed E-state index contributed by atoms with van der Waals surface area (Å²) in [6.07, 6.45) is -3.77. The SMILES string of the molecule is CCNC(=NCc1cccc(C(F)(F)F)c1)NCCc1ccc(OC)c(OC)c1OC. The topological polar surface area (TPSA) is 64.1 Å². The number of ether oxygens (including phenoxy) is 3. The van der Waals surface area contributed by atoms with Gasteiger partial charge in [0.25, 0.3) is 0 Å². The number of aliphatic imine (C=N–C) groups is 1. The zero-order valence-electron chi connectivity index (χ0n) is 18.1. The maximum absolute atomic E-state index is 12.9. The fraction of sp³-hybridized carbons (Fsp3) is 0.409. The van der Waals surface area contributed by atoms with Crippen molar-refractivity contribution in [3.63, 3.8) is 0 Å². The van der Waals surface area contributed by atoms with E-state index in [9.17, 15) is 13.2 Å². The molecule has 9 heteroatoms. The van der Waals surface area contributed by atoms with Crippen molar-refractivity contribution in [3.05, 3.63) is 53.1 Å². The Morgan fingerprint density at radius 1 is 0.968 bits per heavy atom. The van der Waals surface area contributed by atoms with Crippen LogP contribution >= 0.6 is 0 Å². The molecule has 2 rings (SSSR count). The molecule has 0 aromatic heterocycles. The van der Waals surface area contributed by atoms with Crippen molar-refractivity contribution in [2.45, 2.75) is 26.1 Å². The van der Waals surface area contributed by atoms with Crippen molar-refractivity contribution >= 4 is 5.96 Å². The highest BCUT2D eigenvalue weighted by Gasteiger charge is 2.30. The van der Waals surface area contributed by atoms with Crippen LogP contribution in [-0.4, -0.2) is 40.4 Å². The molecule has 0 spiro atoms. The molecule has 0 aliphatic heterocycles. The minimum absolute atomic E-state index is 0.124. The molecule has 0 unspecified atom stereocenters. The fourth-order valence-corrected chi connectivity index (χ4v) is 3.03. The minimum atomic E-state index is -4.37. The van der Waals surface area contributed by atoms with Gasteiger partial charge in [-0.25, -0.2) is 4.99 Å². The molecule has 0 fully saturated rings. The van der Waals surface area contributed by atoms with Gasteiger partial charge in [0.15, 0.2) is 17.5 Å². The third kappa shape index (κ3) is 6.70. The Labute approximate surface area is 180 Å². The number of hydrogen-bond donors (Lipinski definition) is 2. The summed E-state index contributed by atoms with van der Waals surface area (Å²) in [5, 5.41) is 6.28. The van der Waals surface area contributed by atoms with E-state index in [1.54, 1.807) is 27.4 Å². The zero-order chi connectivity index (χ0) is 22.9. The molecule has 0 heterocycles. The van der Waals surface area contributed by atoms with Gasteiger partial charge in [-0.15, -0.1) is 0 Å². The molecule has 2 aromatic carbocycles. The lowest BCUT2D eigenvalue weighted by Crippen LogP contribution is -2.38. The molecule has 0 saturated heterocycles. The zero-order valence-corrected chi connectivity index (χ0v) is 18.1. The summed E-state index contributed by atoms with van der Waals surface area (Å²) in [6.45, 7) is 3.19. The van der Waals surface area contributed by atoms with Crippen LogP contribution in [0.5, 0.6) is 17.2 Å². The van der Waals surface area contributed by atoms with Gasteiger partial charge in [-0.1, -0.05) is 18.2 Å². The molecule has 2 aromatic rings. The monoisotopic (exact) mass is 439 g/mol. The molecular formula is C22H28F3N3O3. The molecule has 2 N–H and O–H groups in total. The summed E-state index contributed by atoms with van der Waals surface area (Å²) < 4.78 is 54.9. The first-order valence-corrected chi connectivity index (χ1v) is 9.80. The molecule has 0 saturated carbocycles. The van der Waals surface area contributed by atoms with Crippen LogP contribution in [0.25, 0.3) is 0 Å². The Morgan fingerprint density at radius 2 is 1.71 bits per heavy atom. The third-order valence-corrected chi connectivity index (χ3v) is 4.49. The normalized spacial score (nSPS) is 11.8. The van der Waals surface area contributed by atoms with E-state index >= 15 is 0 Å². The molecule has 170 valence electrons. The first-order valence-electron chi connectivity index (χ1n) is 9.80. The number of nitrogens with zero attached hydrogens (tertiary/aromatic N) is 1. The molecule has 31 heavy (non-hydrogen) atoms. The number of nitrogens with one attached hydrogen (secondary N) is 2. The molecule has 0 radical (unpaired) electrons. The Bertz CT molecular complexity index is 886. The molecule has 0 bridgehead atoms. The average Bonchev–Trinajstić information content (AvgIpc) is 2.76. The van der Waals surface area contributed by atoms with Crippen LogP contribution in [0.1, 0.15) is 23.6 Å². The van der Waals surface area contributed by atoms with Gasteiger partial charge in [-0.2, -0.15) is 13.2 Å². The number of benzene rings is 2. The van der Waals surface area contributed by atoms with Gasteiger partial charge in [0.2, 0.25) is 5.75 Å². The molecule has 6 nitrogen and oxygen atoms in total. The lowest BCUT2D eigenvalue weighted by atomic mass is 10.1. The third-order valence-electron chi connectivity index (χ3n) is 4.49. The van der Waals surface area contributed by atoms with Crippen LogP contribution in [0, 0.1) is 0 Å². The van der Waals surface area contributed by atoms with E-state index in [0.717, 1.165) is 17.7 Å². The van der Waals surface area contributed by atoms with Gasteiger partial charge >= 0.3 is 6.18 Å². The lowest BCUT2D eigenvalue weighted by Gasteiger charge is -2.16. The van der Waals surface area contributed by atoms with Gasteiger partial charge in [0.1, 0.15) is 0 Å². The van der Waals surface area contributed by atoms with E-state index < -0.39 is 11.7 Å². The van der Waals surface area contributed by atoms with Crippen LogP contribution < -0.4 is 24.8 Å². The van der Waals surface area contributed by atoms with Crippen molar-refractivity contribution in [1.82, 2.24) is 10.6 Å². The molecule has 0 aliphatic carbocycles. The maximum Gasteiger partial charge on any atom is 0.416 e. The van der Waals surface area contributed by atoms with Crippen molar-refractivity contribution < 1.29 is 27.4 Å². The minimum Gasteiger partial charge on any atom is -0.493 e. The predicted molar refractivity (Wildman–Crippen MR) is 114 cm³/mol. The van der Waals surface area contributed by atoms with E-state index in [1.807, 2.05) is 19.1 Å². The van der Waals surface area contributed by atoms with Crippen molar-refractivity contribution in [2.24, 2.45) is 4.99 Å². The summed E-state index contributed by atoms with van der Waals surface area (Å²) in [5.41, 5.74) is 0.716. The summed E-state index contributed by atoms with van der Waals surface area (Å²) >= 11 is 0. The fourth-order valence-electron chi connectivity index (χ4n) is 3.03. The Hall–Kier alpha value is -3.10. The largest absolute Gasteiger partial charge is 0.493 e. The van der Waals surface area contributed by atoms with Gasteiger partial charge in [0.05, 0.1) is 33.4 Å². The Morgan fingerprint density at radius 3 is 2.32 bits per heavy atom. The maximum atomic E-state index is 12.9. The van der Waals surface area contributed by atoms with Crippen molar-refractivity contribution in [2.75, 3.05) is 34.4 Å². The lowest BCUT2D eigenvalue weighted by molar-refractivity contribution is -0.137. The summed E-state index contributed by atoms with van der Waals surface area (Å²) in [7, 11) is 4.67. The molecule has 0 amide bonds. The number of methoxy groups -OCH3 is 3. The van der Waals surface area contributed by atoms with E-state index in [4.69, 9.17) is 14.2 Å². The smallest absolute Gasteiger partial charge is 0.416 e. The van der Waals surface area contributed by atoms with Crippen molar-refractivity contribution in [3.8, 4) is 17.2 Å². The van der Waals surface area contributed by atoms with Crippen LogP contribution in [0.3, 0.4) is 0 Å². The number of halogens is 3. The Balaban J connectivity index is 2.07. The van der Waals surface area contributed by atoms with E-state index in [-0.39, 0.29) is 6.54 Å². The van der Waals surface area contributed by atoms with E-state index in [0.29, 0.717) is 48.3 Å². The highest BCUT2D eigenvalue weighted by atomic mass is 19.4. The van der Waals surface area contributed by atoms with Crippen LogP contribution in [0.4, 0.5) is 13.2 Å². The predicted octanol–water partition coefficient (Wildman–Crippen LogP) is 4.03. The summed E-state index contributed by atoms with van der Waals surface area (Å²) in [6, 6.07) is 8.88. The van der Waals surface area contributed by atoms with Crippen molar-refractivity contribution in [1.29, 1.82) is 0 Å². The van der Waals surface area contributed by atoms with E-state index in [2.05, 4.69) is 15.6 Å². The number of alkyl halides is 3. The molecular weight excluding hydrogens is 411 g/mol. The van der Waals surface area contributed by atoms with Gasteiger partial charge < -0.3 is 24.8 Å². The highest BCUT2D eigenvalue weighted by molar-refractivity contribution is 5.79. The summed E-state index contributed by atoms with van der Waals surface area (Å²) in [4.78, 5) is 4.39. The second kappa shape index (κ2) is 11.3. The van der Waals surface area contributed by atoms with Gasteiger partial charge in [-0.3, -0.25) is 0 Å². The molecule has 0 aliphatic rings. The van der Waals surface area contributed by atoms with Crippen LogP contribution in [0.2, 0.25) is 0 Å². The van der Waals surface area contributed by atoms with Gasteiger partial charge in [0, 0.05) is 18.7 Å². The second-order valence-corrected chi connectivity index (χ2v) is 6.56. The Kier molecular flexibility index (Phi) is 8.84. The van der Waals surface area contributed by atoms with E-state index in [1.165, 1.54) is 6.07 Å². The highest BCUT2D eigenvalue weighted by Crippen LogP contribution is 2.39. The second-order valence-electron chi connectivity index (χ2n) is 6.56. The quantitative estimate of drug-likeness (QED) is 0.456. The number of rotatable bonds is 9. The summed E-state index contributed by atoms with van der Waals surface area (Å²) in [5.74, 6) is 2.20. The number of hydrogen-bond acceptors (Lipinski definition) is 4. The first kappa shape index (κ1) is 24.2. The standard InChI is InChI=1S/C22H28F3N3O3/c1-5-26-21(28-14-15-7-6-8-17(13-15)22(23,24)25)27-12-11-16-9-10-18(29-2)20(31-4)19(16)30-3/h6-10,13H,5,11-12,14H2,1-4H3,(H2,26,27,28). The number of guanidine groups is 1. The first-order chi connectivity index (χ1) is 14.8. The van der Waals surface area contributed by atoms with Crippen LogP contribution in [0.15, 0.2) is 41.4 Å². The molecule has 0 atom stereocenters. The average molecular weight is 439 g/mol.